The first-order chi connectivity index (χ1) is 14.1. The maximum absolute atomic E-state index is 13.4. The summed E-state index contributed by atoms with van der Waals surface area (Å²) in [7, 11) is 0. The molecule has 4 N–H and O–H groups in total. The number of nitrogens with one attached hydrogen (secondary N) is 3. The summed E-state index contributed by atoms with van der Waals surface area (Å²) >= 11 is 6.09. The second-order valence-electron chi connectivity index (χ2n) is 8.78. The molecule has 9 heteroatoms. The maximum Gasteiger partial charge on any atom is 0.319 e. The van der Waals surface area contributed by atoms with Crippen molar-refractivity contribution in [2.45, 2.75) is 52.5 Å². The number of hydrogen-bond donors (Lipinski definition) is 4. The molecule has 30 heavy (non-hydrogen) atoms. The molecular weight excluding hydrogens is 408 g/mol. The fourth-order valence-electron chi connectivity index (χ4n) is 3.63. The predicted octanol–water partition coefficient (Wildman–Crippen LogP) is 3.40. The number of nitrogens with zero attached hydrogens (tertiary/aromatic N) is 1. The lowest BCUT2D eigenvalue weighted by molar-refractivity contribution is -0.142. The molecule has 0 spiro atoms. The van der Waals surface area contributed by atoms with Gasteiger partial charge in [0.15, 0.2) is 0 Å². The van der Waals surface area contributed by atoms with Crippen LogP contribution >= 0.6 is 11.6 Å². The Bertz CT molecular complexity index is 760. The van der Waals surface area contributed by atoms with E-state index in [1.165, 1.54) is 4.90 Å². The van der Waals surface area contributed by atoms with Crippen molar-refractivity contribution >= 4 is 35.1 Å². The third-order valence-corrected chi connectivity index (χ3v) is 5.56. The number of halogens is 1. The highest BCUT2D eigenvalue weighted by molar-refractivity contribution is 6.33. The largest absolute Gasteiger partial charge is 0.331 e. The van der Waals surface area contributed by atoms with Gasteiger partial charge in [-0.15, -0.1) is 0 Å². The zero-order chi connectivity index (χ0) is 22.3. The van der Waals surface area contributed by atoms with Crippen LogP contribution in [0.15, 0.2) is 24.3 Å². The smallest absolute Gasteiger partial charge is 0.319 e. The van der Waals surface area contributed by atoms with Gasteiger partial charge in [-0.3, -0.25) is 14.8 Å². The van der Waals surface area contributed by atoms with E-state index in [1.807, 2.05) is 20.8 Å². The average molecular weight is 439 g/mol. The number of carbonyl (C=O) groups is 3. The lowest BCUT2D eigenvalue weighted by atomic mass is 9.85. The van der Waals surface area contributed by atoms with E-state index in [4.69, 9.17) is 16.8 Å². The Balaban J connectivity index is 2.16. The summed E-state index contributed by atoms with van der Waals surface area (Å²) in [5.74, 6) is -0.736. The summed E-state index contributed by atoms with van der Waals surface area (Å²) in [5, 5.41) is 14.7. The summed E-state index contributed by atoms with van der Waals surface area (Å²) in [5.41, 5.74) is 1.40. The molecule has 1 unspecified atom stereocenters. The molecule has 4 amide bonds. The van der Waals surface area contributed by atoms with Crippen molar-refractivity contribution < 1.29 is 19.6 Å². The van der Waals surface area contributed by atoms with Gasteiger partial charge in [0.2, 0.25) is 5.91 Å². The molecule has 0 radical (unpaired) electrons. The summed E-state index contributed by atoms with van der Waals surface area (Å²) in [4.78, 5) is 39.2. The lowest BCUT2D eigenvalue weighted by Gasteiger charge is -2.35. The molecular formula is C21H31ClN4O4. The standard InChI is InChI=1S/C21H31ClN4O4/c1-21(2,3)18(24-20(29)23-16-11-7-6-10-15(16)22)19(28)26(13-17(27)25-30)12-14-8-4-5-9-14/h6-7,10-11,14,18,30H,4-5,8-9,12-13H2,1-3H3,(H,25,27)(H2,23,24,29). The van der Waals surface area contributed by atoms with Gasteiger partial charge in [-0.1, -0.05) is 57.3 Å². The highest BCUT2D eigenvalue weighted by Crippen LogP contribution is 2.27. The van der Waals surface area contributed by atoms with Crippen LogP contribution in [0.3, 0.4) is 0 Å². The molecule has 1 aliphatic rings. The summed E-state index contributed by atoms with van der Waals surface area (Å²) in [6.07, 6.45) is 4.18. The van der Waals surface area contributed by atoms with Crippen molar-refractivity contribution in [3.05, 3.63) is 29.3 Å². The molecule has 8 nitrogen and oxygen atoms in total. The van der Waals surface area contributed by atoms with Crippen LogP contribution < -0.4 is 16.1 Å². The van der Waals surface area contributed by atoms with Gasteiger partial charge in [0.25, 0.3) is 5.91 Å². The molecule has 1 aromatic rings. The van der Waals surface area contributed by atoms with E-state index in [1.54, 1.807) is 29.7 Å². The number of amides is 4. The molecule has 0 bridgehead atoms. The number of benzene rings is 1. The Labute approximate surface area is 182 Å². The van der Waals surface area contributed by atoms with Crippen molar-refractivity contribution in [2.24, 2.45) is 11.3 Å². The summed E-state index contributed by atoms with van der Waals surface area (Å²) in [6, 6.07) is 5.36. The Morgan fingerprint density at radius 3 is 2.40 bits per heavy atom. The van der Waals surface area contributed by atoms with E-state index < -0.39 is 23.4 Å². The Morgan fingerprint density at radius 1 is 1.20 bits per heavy atom. The monoisotopic (exact) mass is 438 g/mol. The Hall–Kier alpha value is -2.32. The average Bonchev–Trinajstić information content (AvgIpc) is 3.19. The van der Waals surface area contributed by atoms with Crippen LogP contribution in [-0.2, 0) is 9.59 Å². The van der Waals surface area contributed by atoms with Crippen molar-refractivity contribution in [3.63, 3.8) is 0 Å². The van der Waals surface area contributed by atoms with Gasteiger partial charge in [-0.2, -0.15) is 0 Å². The number of anilines is 1. The molecule has 1 aromatic carbocycles. The van der Waals surface area contributed by atoms with Crippen molar-refractivity contribution in [1.82, 2.24) is 15.7 Å². The quantitative estimate of drug-likeness (QED) is 0.386. The zero-order valence-electron chi connectivity index (χ0n) is 17.7. The van der Waals surface area contributed by atoms with E-state index in [-0.39, 0.29) is 12.5 Å². The number of carbonyl (C=O) groups excluding carboxylic acids is 3. The van der Waals surface area contributed by atoms with Gasteiger partial charge >= 0.3 is 6.03 Å². The zero-order valence-corrected chi connectivity index (χ0v) is 18.5. The van der Waals surface area contributed by atoms with Crippen molar-refractivity contribution in [3.8, 4) is 0 Å². The first-order valence-corrected chi connectivity index (χ1v) is 10.5. The second-order valence-corrected chi connectivity index (χ2v) is 9.19. The van der Waals surface area contributed by atoms with E-state index in [2.05, 4.69) is 10.6 Å². The van der Waals surface area contributed by atoms with Gasteiger partial charge in [0.05, 0.1) is 10.7 Å². The lowest BCUT2D eigenvalue weighted by Crippen LogP contribution is -2.57. The minimum Gasteiger partial charge on any atom is -0.331 e. The molecule has 1 atom stereocenters. The molecule has 0 saturated heterocycles. The van der Waals surface area contributed by atoms with Gasteiger partial charge in [-0.25, -0.2) is 10.3 Å². The Morgan fingerprint density at radius 2 is 1.83 bits per heavy atom. The molecule has 0 aromatic heterocycles. The van der Waals surface area contributed by atoms with Crippen LogP contribution in [0.2, 0.25) is 5.02 Å². The minimum absolute atomic E-state index is 0.272. The Kier molecular flexibility index (Phi) is 8.49. The van der Waals surface area contributed by atoms with E-state index in [9.17, 15) is 14.4 Å². The van der Waals surface area contributed by atoms with Gasteiger partial charge < -0.3 is 15.5 Å². The molecule has 0 aliphatic heterocycles. The fourth-order valence-corrected chi connectivity index (χ4v) is 3.81. The molecule has 1 saturated carbocycles. The predicted molar refractivity (Wildman–Crippen MR) is 115 cm³/mol. The van der Waals surface area contributed by atoms with Gasteiger partial charge in [0.1, 0.15) is 12.6 Å². The fraction of sp³-hybridized carbons (Fsp3) is 0.571. The van der Waals surface area contributed by atoms with Crippen molar-refractivity contribution in [1.29, 1.82) is 0 Å². The summed E-state index contributed by atoms with van der Waals surface area (Å²) in [6.45, 7) is 5.65. The second kappa shape index (κ2) is 10.6. The van der Waals surface area contributed by atoms with Crippen LogP contribution in [-0.4, -0.2) is 47.1 Å². The molecule has 1 aliphatic carbocycles. The molecule has 1 fully saturated rings. The van der Waals surface area contributed by atoms with Crippen LogP contribution in [0.4, 0.5) is 10.5 Å². The summed E-state index contributed by atoms with van der Waals surface area (Å²) < 4.78 is 0. The topological polar surface area (TPSA) is 111 Å². The number of para-hydroxylation sites is 1. The van der Waals surface area contributed by atoms with Crippen LogP contribution in [0.5, 0.6) is 0 Å². The first kappa shape index (κ1) is 24.0. The third kappa shape index (κ3) is 6.88. The van der Waals surface area contributed by atoms with Crippen molar-refractivity contribution in [2.75, 3.05) is 18.4 Å². The normalized spacial score (nSPS) is 15.4. The minimum atomic E-state index is -0.882. The number of rotatable bonds is 7. The first-order valence-electron chi connectivity index (χ1n) is 10.2. The number of hydrogen-bond acceptors (Lipinski definition) is 4. The third-order valence-electron chi connectivity index (χ3n) is 5.23. The van der Waals surface area contributed by atoms with Crippen LogP contribution in [0, 0.1) is 11.3 Å². The van der Waals surface area contributed by atoms with Gasteiger partial charge in [0, 0.05) is 6.54 Å². The highest BCUT2D eigenvalue weighted by atomic mass is 35.5. The van der Waals surface area contributed by atoms with Crippen LogP contribution in [0.25, 0.3) is 0 Å². The van der Waals surface area contributed by atoms with E-state index in [0.29, 0.717) is 23.2 Å². The van der Waals surface area contributed by atoms with Gasteiger partial charge in [-0.05, 0) is 36.3 Å². The molecule has 166 valence electrons. The highest BCUT2D eigenvalue weighted by Gasteiger charge is 2.37. The van der Waals surface area contributed by atoms with E-state index in [0.717, 1.165) is 25.7 Å². The molecule has 2 rings (SSSR count). The number of urea groups is 1. The van der Waals surface area contributed by atoms with E-state index >= 15 is 0 Å². The molecule has 0 heterocycles. The van der Waals surface area contributed by atoms with Crippen LogP contribution in [0.1, 0.15) is 46.5 Å². The maximum atomic E-state index is 13.4. The number of hydroxylamine groups is 1. The SMILES string of the molecule is CC(C)(C)C(NC(=O)Nc1ccccc1Cl)C(=O)N(CC(=O)NO)CC1CCCC1.